The molecule has 0 amide bonds. The highest BCUT2D eigenvalue weighted by atomic mass is 16.3. The summed E-state index contributed by atoms with van der Waals surface area (Å²) < 4.78 is 0. The number of anilines is 1. The molecule has 1 aromatic rings. The molecule has 0 bridgehead atoms. The summed E-state index contributed by atoms with van der Waals surface area (Å²) in [6.07, 6.45) is 2.54. The number of aliphatic hydroxyl groups excluding tert-OH is 1. The Kier molecular flexibility index (Phi) is 3.02. The van der Waals surface area contributed by atoms with Gasteiger partial charge >= 0.3 is 0 Å². The van der Waals surface area contributed by atoms with Crippen LogP contribution in [0.1, 0.15) is 29.9 Å². The van der Waals surface area contributed by atoms with Gasteiger partial charge < -0.3 is 15.2 Å². The lowest BCUT2D eigenvalue weighted by Crippen LogP contribution is -2.18. The third kappa shape index (κ3) is 1.88. The van der Waals surface area contributed by atoms with Gasteiger partial charge in [-0.1, -0.05) is 18.2 Å². The second-order valence-electron chi connectivity index (χ2n) is 3.85. The zero-order valence-electron chi connectivity index (χ0n) is 8.57. The molecule has 0 fully saturated rings. The minimum absolute atomic E-state index is 0.0456. The number of benzene rings is 1. The van der Waals surface area contributed by atoms with Crippen molar-refractivity contribution in [2.75, 3.05) is 11.9 Å². The Bertz CT molecular complexity index is 363. The molecule has 0 saturated carbocycles. The molecule has 0 saturated heterocycles. The fourth-order valence-electron chi connectivity index (χ4n) is 2.20. The summed E-state index contributed by atoms with van der Waals surface area (Å²) in [4.78, 5) is 10.6. The van der Waals surface area contributed by atoms with E-state index in [1.54, 1.807) is 0 Å². The van der Waals surface area contributed by atoms with Gasteiger partial charge in [-0.15, -0.1) is 0 Å². The number of rotatable bonds is 3. The van der Waals surface area contributed by atoms with Gasteiger partial charge in [-0.2, -0.15) is 0 Å². The van der Waals surface area contributed by atoms with Gasteiger partial charge in [0.1, 0.15) is 6.29 Å². The van der Waals surface area contributed by atoms with Crippen molar-refractivity contribution in [1.29, 1.82) is 0 Å². The van der Waals surface area contributed by atoms with Gasteiger partial charge in [-0.25, -0.2) is 0 Å². The van der Waals surface area contributed by atoms with Crippen molar-refractivity contribution in [2.45, 2.75) is 25.4 Å². The Morgan fingerprint density at radius 3 is 3.13 bits per heavy atom. The van der Waals surface area contributed by atoms with Gasteiger partial charge in [-0.3, -0.25) is 0 Å². The molecule has 0 spiro atoms. The molecule has 0 radical (unpaired) electrons. The summed E-state index contributed by atoms with van der Waals surface area (Å²) in [5.41, 5.74) is 3.11. The van der Waals surface area contributed by atoms with E-state index in [0.717, 1.165) is 30.5 Å². The first-order valence-electron chi connectivity index (χ1n) is 5.27. The van der Waals surface area contributed by atoms with Gasteiger partial charge in [0.25, 0.3) is 0 Å². The summed E-state index contributed by atoms with van der Waals surface area (Å²) in [6.45, 7) is 0.923. The smallest absolute Gasteiger partial charge is 0.120 e. The van der Waals surface area contributed by atoms with Crippen LogP contribution in [0.3, 0.4) is 0 Å². The first-order chi connectivity index (χ1) is 7.36. The molecule has 1 aliphatic heterocycles. The minimum atomic E-state index is 0.0456. The fourth-order valence-corrected chi connectivity index (χ4v) is 2.20. The molecule has 1 heterocycles. The fraction of sp³-hybridized carbons (Fsp3) is 0.417. The SMILES string of the molecule is O=CCC1CCNc2c(CO)cccc21. The maximum Gasteiger partial charge on any atom is 0.120 e. The number of aliphatic hydroxyl groups is 1. The van der Waals surface area contributed by atoms with Crippen LogP contribution in [0.25, 0.3) is 0 Å². The highest BCUT2D eigenvalue weighted by Gasteiger charge is 2.20. The molecule has 15 heavy (non-hydrogen) atoms. The van der Waals surface area contributed by atoms with Gasteiger partial charge in [0.2, 0.25) is 0 Å². The van der Waals surface area contributed by atoms with Crippen molar-refractivity contribution in [2.24, 2.45) is 0 Å². The van der Waals surface area contributed by atoms with Gasteiger partial charge in [0.05, 0.1) is 6.61 Å². The summed E-state index contributed by atoms with van der Waals surface area (Å²) in [6, 6.07) is 5.89. The van der Waals surface area contributed by atoms with E-state index in [0.29, 0.717) is 12.3 Å². The summed E-state index contributed by atoms with van der Waals surface area (Å²) >= 11 is 0. The molecule has 1 atom stereocenters. The molecule has 2 N–H and O–H groups in total. The number of nitrogens with one attached hydrogen (secondary N) is 1. The number of carbonyl (C=O) groups is 1. The Morgan fingerprint density at radius 1 is 1.53 bits per heavy atom. The maximum atomic E-state index is 10.6. The minimum Gasteiger partial charge on any atom is -0.392 e. The van der Waals surface area contributed by atoms with Crippen molar-refractivity contribution >= 4 is 12.0 Å². The number of hydrogen-bond donors (Lipinski definition) is 2. The van der Waals surface area contributed by atoms with Crippen LogP contribution in [0.2, 0.25) is 0 Å². The molecule has 80 valence electrons. The predicted molar refractivity (Wildman–Crippen MR) is 58.9 cm³/mol. The normalized spacial score (nSPS) is 19.1. The van der Waals surface area contributed by atoms with E-state index >= 15 is 0 Å². The third-order valence-corrected chi connectivity index (χ3v) is 2.97. The van der Waals surface area contributed by atoms with E-state index in [1.807, 2.05) is 18.2 Å². The Labute approximate surface area is 89.1 Å². The van der Waals surface area contributed by atoms with Crippen LogP contribution in [0.5, 0.6) is 0 Å². The average molecular weight is 205 g/mol. The lowest BCUT2D eigenvalue weighted by atomic mass is 9.87. The van der Waals surface area contributed by atoms with Crippen molar-refractivity contribution in [3.05, 3.63) is 29.3 Å². The molecule has 3 heteroatoms. The number of aldehydes is 1. The van der Waals surface area contributed by atoms with Crippen LogP contribution in [-0.2, 0) is 11.4 Å². The Balaban J connectivity index is 2.39. The molecule has 2 rings (SSSR count). The highest BCUT2D eigenvalue weighted by Crippen LogP contribution is 2.35. The molecular weight excluding hydrogens is 190 g/mol. The van der Waals surface area contributed by atoms with Crippen LogP contribution in [0.15, 0.2) is 18.2 Å². The topological polar surface area (TPSA) is 49.3 Å². The van der Waals surface area contributed by atoms with Crippen LogP contribution >= 0.6 is 0 Å². The first kappa shape index (κ1) is 10.2. The van der Waals surface area contributed by atoms with E-state index < -0.39 is 0 Å². The zero-order valence-corrected chi connectivity index (χ0v) is 8.57. The largest absolute Gasteiger partial charge is 0.392 e. The quantitative estimate of drug-likeness (QED) is 0.738. The van der Waals surface area contributed by atoms with Crippen LogP contribution in [0, 0.1) is 0 Å². The second-order valence-corrected chi connectivity index (χ2v) is 3.85. The van der Waals surface area contributed by atoms with E-state index in [2.05, 4.69) is 5.32 Å². The molecule has 1 aromatic carbocycles. The van der Waals surface area contributed by atoms with Crippen LogP contribution < -0.4 is 5.32 Å². The van der Waals surface area contributed by atoms with Crippen LogP contribution in [-0.4, -0.2) is 17.9 Å². The second kappa shape index (κ2) is 4.45. The molecule has 1 unspecified atom stereocenters. The van der Waals surface area contributed by atoms with E-state index in [9.17, 15) is 9.90 Å². The average Bonchev–Trinajstić information content (AvgIpc) is 2.29. The van der Waals surface area contributed by atoms with Crippen molar-refractivity contribution in [1.82, 2.24) is 0 Å². The summed E-state index contributed by atoms with van der Waals surface area (Å²) in [5, 5.41) is 12.5. The lowest BCUT2D eigenvalue weighted by Gasteiger charge is -2.27. The van der Waals surface area contributed by atoms with Gasteiger partial charge in [0, 0.05) is 24.2 Å². The number of fused-ring (bicyclic) bond motifs is 1. The standard InChI is InChI=1S/C12H15NO2/c14-7-5-9-4-6-13-12-10(8-15)2-1-3-11(9)12/h1-3,7,9,13,15H,4-6,8H2. The Hall–Kier alpha value is -1.35. The molecule has 0 aliphatic carbocycles. The van der Waals surface area contributed by atoms with E-state index in [-0.39, 0.29) is 6.61 Å². The van der Waals surface area contributed by atoms with Crippen molar-refractivity contribution in [3.8, 4) is 0 Å². The van der Waals surface area contributed by atoms with Crippen molar-refractivity contribution < 1.29 is 9.90 Å². The Morgan fingerprint density at radius 2 is 2.40 bits per heavy atom. The van der Waals surface area contributed by atoms with E-state index in [4.69, 9.17) is 0 Å². The molecule has 0 aromatic heterocycles. The number of carbonyl (C=O) groups excluding carboxylic acids is 1. The number of hydrogen-bond acceptors (Lipinski definition) is 3. The predicted octanol–water partition coefficient (Wildman–Crippen LogP) is 1.67. The van der Waals surface area contributed by atoms with Crippen molar-refractivity contribution in [3.63, 3.8) is 0 Å². The zero-order chi connectivity index (χ0) is 10.7. The number of para-hydroxylation sites is 1. The summed E-state index contributed by atoms with van der Waals surface area (Å²) in [7, 11) is 0. The summed E-state index contributed by atoms with van der Waals surface area (Å²) in [5.74, 6) is 0.310. The first-order valence-corrected chi connectivity index (χ1v) is 5.27. The monoisotopic (exact) mass is 205 g/mol. The van der Waals surface area contributed by atoms with Crippen LogP contribution in [0.4, 0.5) is 5.69 Å². The van der Waals surface area contributed by atoms with Gasteiger partial charge in [-0.05, 0) is 17.9 Å². The molecular formula is C12H15NO2. The molecule has 3 nitrogen and oxygen atoms in total. The molecule has 1 aliphatic rings. The van der Waals surface area contributed by atoms with E-state index in [1.165, 1.54) is 5.56 Å². The maximum absolute atomic E-state index is 10.6. The third-order valence-electron chi connectivity index (χ3n) is 2.97. The van der Waals surface area contributed by atoms with Gasteiger partial charge in [0.15, 0.2) is 0 Å². The highest BCUT2D eigenvalue weighted by molar-refractivity contribution is 5.63. The lowest BCUT2D eigenvalue weighted by molar-refractivity contribution is -0.108.